The van der Waals surface area contributed by atoms with Crippen molar-refractivity contribution >= 4 is 27.6 Å². The maximum Gasteiger partial charge on any atom is 0.240 e. The minimum Gasteiger partial charge on any atom is -0.382 e. The summed E-state index contributed by atoms with van der Waals surface area (Å²) in [5.74, 6) is 0.727. The molecule has 0 saturated carbocycles. The molecule has 196 valence electrons. The Labute approximate surface area is 210 Å². The lowest BCUT2D eigenvalue weighted by Crippen LogP contribution is -2.34. The van der Waals surface area contributed by atoms with Crippen molar-refractivity contribution in [3.8, 4) is 0 Å². The van der Waals surface area contributed by atoms with Crippen LogP contribution in [-0.4, -0.2) is 78.5 Å². The van der Waals surface area contributed by atoms with Gasteiger partial charge >= 0.3 is 0 Å². The lowest BCUT2D eigenvalue weighted by Gasteiger charge is -2.25. The number of ether oxygens (including phenoxy) is 4. The Kier molecular flexibility index (Phi) is 9.05. The number of hydrogen-bond acceptors (Lipinski definition) is 10. The molecule has 1 fully saturated rings. The number of aromatic nitrogens is 5. The summed E-state index contributed by atoms with van der Waals surface area (Å²) in [6.45, 7) is 6.01. The fraction of sp³-hybridized carbons (Fsp3) is 0.714. The van der Waals surface area contributed by atoms with Crippen molar-refractivity contribution in [1.29, 1.82) is 0 Å². The average Bonchev–Trinajstić information content (AvgIpc) is 3.37. The quantitative estimate of drug-likeness (QED) is 0.433. The van der Waals surface area contributed by atoms with Crippen LogP contribution in [0.5, 0.6) is 0 Å². The van der Waals surface area contributed by atoms with Crippen LogP contribution >= 0.6 is 11.6 Å². The number of hydrogen-bond donors (Lipinski definition) is 1. The highest BCUT2D eigenvalue weighted by molar-refractivity contribution is 7.93. The van der Waals surface area contributed by atoms with Crippen molar-refractivity contribution in [2.45, 2.75) is 62.7 Å². The smallest absolute Gasteiger partial charge is 0.240 e. The Balaban J connectivity index is 1.96. The van der Waals surface area contributed by atoms with Crippen LogP contribution in [0.25, 0.3) is 0 Å². The molecule has 3 atom stereocenters. The van der Waals surface area contributed by atoms with Gasteiger partial charge < -0.3 is 18.9 Å². The van der Waals surface area contributed by atoms with Gasteiger partial charge in [-0.1, -0.05) is 11.6 Å². The maximum atomic E-state index is 13.4. The van der Waals surface area contributed by atoms with Gasteiger partial charge in [0, 0.05) is 33.7 Å². The Morgan fingerprint density at radius 1 is 1.20 bits per heavy atom. The first-order chi connectivity index (χ1) is 16.5. The van der Waals surface area contributed by atoms with Crippen LogP contribution < -0.4 is 4.72 Å². The predicted octanol–water partition coefficient (Wildman–Crippen LogP) is 2.70. The third-order valence-corrected chi connectivity index (χ3v) is 7.75. The SMILES string of the molecule is COCC(COC)n1c(NS(=O)(=O)C(C)C(OC)c2ncc(Cl)cn2)nnc1[C@@H]1CCC(C)(C)O1. The van der Waals surface area contributed by atoms with Gasteiger partial charge in [0.2, 0.25) is 16.0 Å². The van der Waals surface area contributed by atoms with E-state index < -0.39 is 27.4 Å². The van der Waals surface area contributed by atoms with Gasteiger partial charge in [-0.2, -0.15) is 0 Å². The molecule has 0 aromatic carbocycles. The lowest BCUT2D eigenvalue weighted by atomic mass is 10.1. The molecule has 3 heterocycles. The second-order valence-corrected chi connectivity index (χ2v) is 11.5. The molecule has 0 amide bonds. The molecule has 0 aliphatic carbocycles. The van der Waals surface area contributed by atoms with Crippen LogP contribution in [0, 0.1) is 0 Å². The summed E-state index contributed by atoms with van der Waals surface area (Å²) in [6, 6.07) is -0.395. The van der Waals surface area contributed by atoms with Gasteiger partial charge in [-0.05, 0) is 33.6 Å². The average molecular weight is 533 g/mol. The fourth-order valence-corrected chi connectivity index (χ4v) is 5.29. The summed E-state index contributed by atoms with van der Waals surface area (Å²) in [5, 5.41) is 7.73. The van der Waals surface area contributed by atoms with Crippen molar-refractivity contribution in [2.24, 2.45) is 0 Å². The first-order valence-corrected chi connectivity index (χ1v) is 13.1. The summed E-state index contributed by atoms with van der Waals surface area (Å²) in [6.07, 6.45) is 3.02. The van der Waals surface area contributed by atoms with Gasteiger partial charge in [-0.15, -0.1) is 10.2 Å². The number of anilines is 1. The molecule has 0 spiro atoms. The van der Waals surface area contributed by atoms with E-state index in [0.717, 1.165) is 12.8 Å². The summed E-state index contributed by atoms with van der Waals surface area (Å²) in [7, 11) is 0.472. The minimum atomic E-state index is -4.04. The van der Waals surface area contributed by atoms with Crippen molar-refractivity contribution < 1.29 is 27.4 Å². The van der Waals surface area contributed by atoms with Crippen LogP contribution in [0.2, 0.25) is 5.02 Å². The molecule has 0 bridgehead atoms. The Hall–Kier alpha value is -1.90. The van der Waals surface area contributed by atoms with E-state index in [1.54, 1.807) is 18.8 Å². The summed E-state index contributed by atoms with van der Waals surface area (Å²) in [4.78, 5) is 8.22. The lowest BCUT2D eigenvalue weighted by molar-refractivity contribution is -0.0234. The predicted molar refractivity (Wildman–Crippen MR) is 129 cm³/mol. The highest BCUT2D eigenvalue weighted by Crippen LogP contribution is 2.40. The molecule has 14 heteroatoms. The monoisotopic (exact) mass is 532 g/mol. The molecule has 12 nitrogen and oxygen atoms in total. The Morgan fingerprint density at radius 3 is 2.34 bits per heavy atom. The van der Waals surface area contributed by atoms with Crippen molar-refractivity contribution in [2.75, 3.05) is 39.3 Å². The van der Waals surface area contributed by atoms with Gasteiger partial charge in [0.05, 0.1) is 29.9 Å². The third kappa shape index (κ3) is 6.46. The molecule has 2 aromatic heterocycles. The normalized spacial score (nSPS) is 19.7. The third-order valence-electron chi connectivity index (χ3n) is 5.86. The fourth-order valence-electron chi connectivity index (χ4n) is 4.06. The van der Waals surface area contributed by atoms with Crippen molar-refractivity contribution in [3.05, 3.63) is 29.1 Å². The van der Waals surface area contributed by atoms with E-state index in [0.29, 0.717) is 10.8 Å². The standard InChI is InChI=1S/C21H33ClN6O6S/c1-13(17(33-6)18-23-9-14(22)10-24-18)35(29,30)27-20-26-25-19(16-7-8-21(2,3)34-16)28(20)15(11-31-4)12-32-5/h9-10,13,15-17H,7-8,11-12H2,1-6H3,(H,26,27)/t13?,16-,17?/m0/s1. The zero-order valence-electron chi connectivity index (χ0n) is 20.8. The Bertz CT molecular complexity index is 1070. The van der Waals surface area contributed by atoms with Gasteiger partial charge in [0.15, 0.2) is 11.6 Å². The van der Waals surface area contributed by atoms with Crippen LogP contribution in [0.15, 0.2) is 12.4 Å². The molecule has 1 N–H and O–H groups in total. The first-order valence-electron chi connectivity index (χ1n) is 11.1. The van der Waals surface area contributed by atoms with Gasteiger partial charge in [0.25, 0.3) is 0 Å². The number of sulfonamides is 1. The van der Waals surface area contributed by atoms with E-state index in [-0.39, 0.29) is 36.7 Å². The molecule has 2 unspecified atom stereocenters. The highest BCUT2D eigenvalue weighted by atomic mass is 35.5. The van der Waals surface area contributed by atoms with E-state index in [9.17, 15) is 8.42 Å². The van der Waals surface area contributed by atoms with E-state index >= 15 is 0 Å². The topological polar surface area (TPSA) is 140 Å². The van der Waals surface area contributed by atoms with Crippen LogP contribution in [-0.2, 0) is 29.0 Å². The molecule has 1 saturated heterocycles. The highest BCUT2D eigenvalue weighted by Gasteiger charge is 2.39. The molecule has 2 aromatic rings. The Morgan fingerprint density at radius 2 is 1.83 bits per heavy atom. The molecular weight excluding hydrogens is 500 g/mol. The molecule has 1 aliphatic heterocycles. The zero-order chi connectivity index (χ0) is 25.8. The van der Waals surface area contributed by atoms with Gasteiger partial charge in [0.1, 0.15) is 17.5 Å². The zero-order valence-corrected chi connectivity index (χ0v) is 22.3. The number of halogens is 1. The number of nitrogens with one attached hydrogen (secondary N) is 1. The van der Waals surface area contributed by atoms with E-state index in [2.05, 4.69) is 24.9 Å². The molecule has 0 radical (unpaired) electrons. The largest absolute Gasteiger partial charge is 0.382 e. The van der Waals surface area contributed by atoms with E-state index in [1.165, 1.54) is 26.4 Å². The molecule has 1 aliphatic rings. The number of rotatable bonds is 12. The van der Waals surface area contributed by atoms with Crippen molar-refractivity contribution in [3.63, 3.8) is 0 Å². The first kappa shape index (κ1) is 27.7. The summed E-state index contributed by atoms with van der Waals surface area (Å²) >= 11 is 5.86. The summed E-state index contributed by atoms with van der Waals surface area (Å²) < 4.78 is 53.4. The molecule has 3 rings (SSSR count). The number of nitrogens with zero attached hydrogens (tertiary/aromatic N) is 5. The van der Waals surface area contributed by atoms with Crippen LogP contribution in [0.4, 0.5) is 5.95 Å². The molecule has 35 heavy (non-hydrogen) atoms. The van der Waals surface area contributed by atoms with Crippen LogP contribution in [0.3, 0.4) is 0 Å². The van der Waals surface area contributed by atoms with Gasteiger partial charge in [-0.3, -0.25) is 9.29 Å². The molecular formula is C21H33ClN6O6S. The second kappa shape index (κ2) is 11.4. The van der Waals surface area contributed by atoms with Crippen LogP contribution in [0.1, 0.15) is 63.5 Å². The van der Waals surface area contributed by atoms with Crippen molar-refractivity contribution in [1.82, 2.24) is 24.7 Å². The van der Waals surface area contributed by atoms with Gasteiger partial charge in [-0.25, -0.2) is 18.4 Å². The maximum absolute atomic E-state index is 13.4. The second-order valence-electron chi connectivity index (χ2n) is 8.99. The number of methoxy groups -OCH3 is 3. The van der Waals surface area contributed by atoms with E-state index in [1.807, 2.05) is 13.8 Å². The minimum absolute atomic E-state index is 0.0335. The van der Waals surface area contributed by atoms with E-state index in [4.69, 9.17) is 30.5 Å². The summed E-state index contributed by atoms with van der Waals surface area (Å²) in [5.41, 5.74) is -0.322.